The van der Waals surface area contributed by atoms with Gasteiger partial charge in [0.25, 0.3) is 0 Å². The number of piperazine rings is 1. The van der Waals surface area contributed by atoms with Crippen molar-refractivity contribution in [2.24, 2.45) is 11.7 Å². The molecule has 3 aliphatic rings. The molecule has 2 aliphatic carbocycles. The van der Waals surface area contributed by atoms with Gasteiger partial charge in [-0.15, -0.1) is 0 Å². The van der Waals surface area contributed by atoms with E-state index in [0.717, 1.165) is 92.8 Å². The number of carbonyl (C=O) groups is 2. The molecular formula is C30H41N5O3. The number of nitrogens with two attached hydrogens (primary N) is 1. The fraction of sp³-hybridized carbons (Fsp3) is 0.533. The fourth-order valence-corrected chi connectivity index (χ4v) is 5.64. The molecule has 0 radical (unpaired) electrons. The fourth-order valence-electron chi connectivity index (χ4n) is 5.64. The van der Waals surface area contributed by atoms with E-state index in [2.05, 4.69) is 58.6 Å². The molecule has 8 nitrogen and oxygen atoms in total. The van der Waals surface area contributed by atoms with E-state index in [9.17, 15) is 9.59 Å². The maximum Gasteiger partial charge on any atom is 0.410 e. The van der Waals surface area contributed by atoms with E-state index < -0.39 is 0 Å². The van der Waals surface area contributed by atoms with Crippen molar-refractivity contribution in [3.63, 3.8) is 0 Å². The van der Waals surface area contributed by atoms with E-state index >= 15 is 0 Å². The predicted octanol–water partition coefficient (Wildman–Crippen LogP) is 4.29. The SMILES string of the molecule is COC(=O)N(Cc1cccc(-c2ccc(N3CCN(C)CC3)c(NC(=O)C3CC3)c2)c1)C1CCC(N)CC1. The number of ether oxygens (including phenoxy) is 1. The van der Waals surface area contributed by atoms with Crippen molar-refractivity contribution in [2.75, 3.05) is 50.6 Å². The lowest BCUT2D eigenvalue weighted by atomic mass is 9.90. The van der Waals surface area contributed by atoms with Crippen molar-refractivity contribution in [2.45, 2.75) is 57.2 Å². The summed E-state index contributed by atoms with van der Waals surface area (Å²) >= 11 is 0. The monoisotopic (exact) mass is 519 g/mol. The number of hydrogen-bond donors (Lipinski definition) is 2. The van der Waals surface area contributed by atoms with Crippen molar-refractivity contribution < 1.29 is 14.3 Å². The Labute approximate surface area is 226 Å². The maximum atomic E-state index is 12.8. The van der Waals surface area contributed by atoms with E-state index in [-0.39, 0.29) is 30.0 Å². The highest BCUT2D eigenvalue weighted by Crippen LogP contribution is 2.36. The molecule has 1 saturated heterocycles. The molecule has 2 aromatic carbocycles. The number of likely N-dealkylation sites (N-methyl/N-ethyl adjacent to an activating group) is 1. The number of benzene rings is 2. The van der Waals surface area contributed by atoms with Crippen LogP contribution in [0.15, 0.2) is 42.5 Å². The molecule has 3 fully saturated rings. The second kappa shape index (κ2) is 11.7. The number of rotatable bonds is 7. The first kappa shape index (κ1) is 26.5. The quantitative estimate of drug-likeness (QED) is 0.567. The van der Waals surface area contributed by atoms with Gasteiger partial charge in [0.15, 0.2) is 0 Å². The first-order valence-corrected chi connectivity index (χ1v) is 14.0. The summed E-state index contributed by atoms with van der Waals surface area (Å²) in [5.74, 6) is 0.258. The molecule has 38 heavy (non-hydrogen) atoms. The minimum absolute atomic E-state index is 0.118. The van der Waals surface area contributed by atoms with Crippen LogP contribution in [0.4, 0.5) is 16.2 Å². The van der Waals surface area contributed by atoms with Gasteiger partial charge in [0, 0.05) is 50.7 Å². The van der Waals surface area contributed by atoms with Gasteiger partial charge in [-0.05, 0) is 80.5 Å². The van der Waals surface area contributed by atoms with E-state index in [1.54, 1.807) is 0 Å². The van der Waals surface area contributed by atoms with Gasteiger partial charge in [0.05, 0.1) is 18.5 Å². The van der Waals surface area contributed by atoms with Crippen LogP contribution in [0.2, 0.25) is 0 Å². The first-order valence-electron chi connectivity index (χ1n) is 14.0. The van der Waals surface area contributed by atoms with Crippen LogP contribution in [-0.2, 0) is 16.1 Å². The van der Waals surface area contributed by atoms with Gasteiger partial charge >= 0.3 is 6.09 Å². The van der Waals surface area contributed by atoms with Crippen LogP contribution < -0.4 is 16.0 Å². The van der Waals surface area contributed by atoms with Gasteiger partial charge in [0.1, 0.15) is 0 Å². The summed E-state index contributed by atoms with van der Waals surface area (Å²) in [6.07, 6.45) is 5.29. The van der Waals surface area contributed by atoms with Crippen molar-refractivity contribution in [3.8, 4) is 11.1 Å². The highest BCUT2D eigenvalue weighted by atomic mass is 16.5. The lowest BCUT2D eigenvalue weighted by Crippen LogP contribution is -2.44. The molecule has 0 bridgehead atoms. The Morgan fingerprint density at radius 3 is 2.37 bits per heavy atom. The number of nitrogens with one attached hydrogen (secondary N) is 1. The summed E-state index contributed by atoms with van der Waals surface area (Å²) in [6.45, 7) is 4.37. The van der Waals surface area contributed by atoms with E-state index in [0.29, 0.717) is 6.54 Å². The second-order valence-corrected chi connectivity index (χ2v) is 11.2. The Morgan fingerprint density at radius 2 is 1.68 bits per heavy atom. The van der Waals surface area contributed by atoms with Crippen LogP contribution in [0, 0.1) is 5.92 Å². The van der Waals surface area contributed by atoms with Gasteiger partial charge in [-0.25, -0.2) is 4.79 Å². The summed E-state index contributed by atoms with van der Waals surface area (Å²) in [5, 5.41) is 3.23. The van der Waals surface area contributed by atoms with Crippen molar-refractivity contribution in [1.29, 1.82) is 0 Å². The third kappa shape index (κ3) is 6.30. The first-order chi connectivity index (χ1) is 18.4. The molecule has 8 heteroatoms. The van der Waals surface area contributed by atoms with Crippen LogP contribution in [-0.4, -0.2) is 74.2 Å². The van der Waals surface area contributed by atoms with E-state index in [4.69, 9.17) is 10.5 Å². The highest BCUT2D eigenvalue weighted by molar-refractivity contribution is 5.98. The molecule has 2 aromatic rings. The van der Waals surface area contributed by atoms with Crippen molar-refractivity contribution in [3.05, 3.63) is 48.0 Å². The van der Waals surface area contributed by atoms with Gasteiger partial charge in [-0.3, -0.25) is 4.79 Å². The van der Waals surface area contributed by atoms with Crippen LogP contribution >= 0.6 is 0 Å². The largest absolute Gasteiger partial charge is 0.453 e. The Balaban J connectivity index is 1.39. The summed E-state index contributed by atoms with van der Waals surface area (Å²) in [4.78, 5) is 32.0. The average Bonchev–Trinajstić information content (AvgIpc) is 3.79. The number of amides is 2. The van der Waals surface area contributed by atoms with Crippen molar-refractivity contribution >= 4 is 23.4 Å². The number of anilines is 2. The number of nitrogens with zero attached hydrogens (tertiary/aromatic N) is 3. The van der Waals surface area contributed by atoms with Gasteiger partial charge < -0.3 is 30.5 Å². The Morgan fingerprint density at radius 1 is 0.974 bits per heavy atom. The minimum atomic E-state index is -0.294. The maximum absolute atomic E-state index is 12.8. The van der Waals surface area contributed by atoms with Crippen LogP contribution in [0.3, 0.4) is 0 Å². The second-order valence-electron chi connectivity index (χ2n) is 11.2. The normalized spacial score (nSPS) is 22.1. The minimum Gasteiger partial charge on any atom is -0.453 e. The zero-order valence-corrected chi connectivity index (χ0v) is 22.7. The molecule has 1 heterocycles. The number of methoxy groups -OCH3 is 1. The third-order valence-electron chi connectivity index (χ3n) is 8.25. The van der Waals surface area contributed by atoms with Crippen LogP contribution in [0.25, 0.3) is 11.1 Å². The molecule has 3 N–H and O–H groups in total. The van der Waals surface area contributed by atoms with Gasteiger partial charge in [-0.1, -0.05) is 24.3 Å². The predicted molar refractivity (Wildman–Crippen MR) is 151 cm³/mol. The Hall–Kier alpha value is -3.10. The molecule has 0 unspecified atom stereocenters. The highest BCUT2D eigenvalue weighted by Gasteiger charge is 2.31. The molecule has 0 aromatic heterocycles. The summed E-state index contributed by atoms with van der Waals surface area (Å²) in [7, 11) is 3.59. The average molecular weight is 520 g/mol. The van der Waals surface area contributed by atoms with Gasteiger partial charge in [-0.2, -0.15) is 0 Å². The molecule has 2 saturated carbocycles. The molecule has 0 spiro atoms. The molecule has 2 amide bonds. The third-order valence-corrected chi connectivity index (χ3v) is 8.25. The lowest BCUT2D eigenvalue weighted by Gasteiger charge is -2.35. The zero-order valence-electron chi connectivity index (χ0n) is 22.7. The van der Waals surface area contributed by atoms with Gasteiger partial charge in [0.2, 0.25) is 5.91 Å². The zero-order chi connectivity index (χ0) is 26.6. The molecule has 5 rings (SSSR count). The summed E-state index contributed by atoms with van der Waals surface area (Å²) in [6, 6.07) is 15.1. The molecule has 0 atom stereocenters. The topological polar surface area (TPSA) is 91.1 Å². The van der Waals surface area contributed by atoms with Crippen molar-refractivity contribution in [1.82, 2.24) is 9.80 Å². The number of hydrogen-bond acceptors (Lipinski definition) is 6. The lowest BCUT2D eigenvalue weighted by molar-refractivity contribution is -0.117. The molecule has 204 valence electrons. The summed E-state index contributed by atoms with van der Waals surface area (Å²) < 4.78 is 5.14. The Bertz CT molecular complexity index is 1130. The summed E-state index contributed by atoms with van der Waals surface area (Å²) in [5.41, 5.74) is 11.2. The van der Waals surface area contributed by atoms with Crippen LogP contribution in [0.1, 0.15) is 44.1 Å². The molecule has 1 aliphatic heterocycles. The van der Waals surface area contributed by atoms with Crippen LogP contribution in [0.5, 0.6) is 0 Å². The Kier molecular flexibility index (Phi) is 8.19. The standard InChI is InChI=1S/C30H41N5O3/c1-33-14-16-34(17-15-33)28-13-8-24(19-27(28)32-29(36)22-6-7-22)23-5-3-4-21(18-23)20-35(30(37)38-2)26-11-9-25(31)10-12-26/h3-5,8,13,18-19,22,25-26H,6-7,9-12,14-17,20,31H2,1-2H3,(H,32,36). The van der Waals surface area contributed by atoms with E-state index in [1.807, 2.05) is 11.0 Å². The number of carbonyl (C=O) groups excluding carboxylic acids is 2. The molecular weight excluding hydrogens is 478 g/mol. The smallest absolute Gasteiger partial charge is 0.410 e. The van der Waals surface area contributed by atoms with E-state index in [1.165, 1.54) is 7.11 Å².